The zero-order valence-corrected chi connectivity index (χ0v) is 16.3. The molecule has 5 nitrogen and oxygen atoms in total. The summed E-state index contributed by atoms with van der Waals surface area (Å²) in [5.41, 5.74) is 2.26. The van der Waals surface area contributed by atoms with Gasteiger partial charge in [-0.1, -0.05) is 36.4 Å². The minimum absolute atomic E-state index is 0.132. The van der Waals surface area contributed by atoms with Crippen LogP contribution in [0.3, 0.4) is 0 Å². The third-order valence-corrected chi connectivity index (χ3v) is 4.52. The molecule has 3 rings (SSSR count). The van der Waals surface area contributed by atoms with Crippen molar-refractivity contribution in [2.24, 2.45) is 0 Å². The molecule has 0 bridgehead atoms. The summed E-state index contributed by atoms with van der Waals surface area (Å²) in [6.45, 7) is 4.79. The quantitative estimate of drug-likeness (QED) is 0.591. The first kappa shape index (κ1) is 19.4. The van der Waals surface area contributed by atoms with E-state index in [1.165, 1.54) is 14.0 Å². The van der Waals surface area contributed by atoms with Crippen LogP contribution in [0.5, 0.6) is 5.75 Å². The maximum atomic E-state index is 12.9. The van der Waals surface area contributed by atoms with Crippen LogP contribution in [0.4, 0.5) is 0 Å². The topological polar surface area (TPSA) is 65.7 Å². The molecule has 0 aliphatic heterocycles. The molecule has 1 aromatic heterocycles. The molecule has 3 aromatic rings. The van der Waals surface area contributed by atoms with Crippen LogP contribution in [0.2, 0.25) is 0 Å². The molecule has 0 radical (unpaired) electrons. The average Bonchev–Trinajstić information content (AvgIpc) is 2.68. The van der Waals surface area contributed by atoms with Crippen molar-refractivity contribution in [3.05, 3.63) is 75.1 Å². The Bertz CT molecular complexity index is 1090. The van der Waals surface area contributed by atoms with E-state index in [2.05, 4.69) is 0 Å². The summed E-state index contributed by atoms with van der Waals surface area (Å²) in [5, 5.41) is 0.421. The number of ether oxygens (including phenoxy) is 2. The fourth-order valence-electron chi connectivity index (χ4n) is 3.14. The van der Waals surface area contributed by atoms with E-state index in [0.717, 1.165) is 5.56 Å². The Labute approximate surface area is 163 Å². The van der Waals surface area contributed by atoms with Crippen LogP contribution in [0.25, 0.3) is 23.1 Å². The number of fused-ring (bicyclic) bond motifs is 1. The molecule has 0 fully saturated rings. The van der Waals surface area contributed by atoms with Crippen LogP contribution in [-0.2, 0) is 9.53 Å². The minimum Gasteiger partial charge on any atom is -0.496 e. The van der Waals surface area contributed by atoms with Gasteiger partial charge in [0.2, 0.25) is 0 Å². The van der Waals surface area contributed by atoms with Crippen molar-refractivity contribution in [1.82, 2.24) is 0 Å². The lowest BCUT2D eigenvalue weighted by atomic mass is 10.0. The van der Waals surface area contributed by atoms with Gasteiger partial charge in [-0.15, -0.1) is 0 Å². The van der Waals surface area contributed by atoms with Gasteiger partial charge < -0.3 is 13.9 Å². The summed E-state index contributed by atoms with van der Waals surface area (Å²) < 4.78 is 16.9. The SMILES string of the molecule is COc1ccc2c(=O)c(C)c(C=Cc3ccccc3)oc2c1C(C)OC(C)=O. The summed E-state index contributed by atoms with van der Waals surface area (Å²) in [6, 6.07) is 13.1. The number of carbonyl (C=O) groups is 1. The Morgan fingerprint density at radius 2 is 1.82 bits per heavy atom. The Balaban J connectivity index is 2.22. The normalized spacial score (nSPS) is 12.3. The van der Waals surface area contributed by atoms with E-state index in [1.807, 2.05) is 36.4 Å². The number of methoxy groups -OCH3 is 1. The maximum Gasteiger partial charge on any atom is 0.303 e. The van der Waals surface area contributed by atoms with Gasteiger partial charge in [0.25, 0.3) is 0 Å². The predicted molar refractivity (Wildman–Crippen MR) is 109 cm³/mol. The Morgan fingerprint density at radius 3 is 2.46 bits per heavy atom. The molecular formula is C23H22O5. The van der Waals surface area contributed by atoms with Crippen LogP contribution in [0.1, 0.15) is 42.4 Å². The second-order valence-electron chi connectivity index (χ2n) is 6.47. The first-order valence-electron chi connectivity index (χ1n) is 8.97. The van der Waals surface area contributed by atoms with E-state index in [4.69, 9.17) is 13.9 Å². The summed E-state index contributed by atoms with van der Waals surface area (Å²) in [6.07, 6.45) is 3.02. The van der Waals surface area contributed by atoms with Gasteiger partial charge in [0.1, 0.15) is 23.2 Å². The van der Waals surface area contributed by atoms with Crippen LogP contribution < -0.4 is 10.2 Å². The highest BCUT2D eigenvalue weighted by molar-refractivity contribution is 5.85. The fourth-order valence-corrected chi connectivity index (χ4v) is 3.14. The number of esters is 1. The molecule has 0 spiro atoms. The molecule has 0 aliphatic carbocycles. The second-order valence-corrected chi connectivity index (χ2v) is 6.47. The van der Waals surface area contributed by atoms with E-state index >= 15 is 0 Å². The third kappa shape index (κ3) is 3.83. The van der Waals surface area contributed by atoms with Crippen LogP contribution in [0.15, 0.2) is 51.7 Å². The van der Waals surface area contributed by atoms with Crippen molar-refractivity contribution < 1.29 is 18.7 Å². The number of hydrogen-bond acceptors (Lipinski definition) is 5. The van der Waals surface area contributed by atoms with Crippen LogP contribution >= 0.6 is 0 Å². The highest BCUT2D eigenvalue weighted by atomic mass is 16.5. The first-order chi connectivity index (χ1) is 13.4. The average molecular weight is 378 g/mol. The van der Waals surface area contributed by atoms with Gasteiger partial charge in [-0.05, 0) is 37.6 Å². The second kappa shape index (κ2) is 8.13. The summed E-state index contributed by atoms with van der Waals surface area (Å²) >= 11 is 0. The highest BCUT2D eigenvalue weighted by Gasteiger charge is 2.22. The van der Waals surface area contributed by atoms with Crippen molar-refractivity contribution in [3.8, 4) is 5.75 Å². The van der Waals surface area contributed by atoms with Gasteiger partial charge in [0.15, 0.2) is 5.43 Å². The monoisotopic (exact) mass is 378 g/mol. The van der Waals surface area contributed by atoms with Gasteiger partial charge in [-0.3, -0.25) is 9.59 Å². The van der Waals surface area contributed by atoms with Crippen molar-refractivity contribution in [1.29, 1.82) is 0 Å². The van der Waals surface area contributed by atoms with E-state index in [-0.39, 0.29) is 5.43 Å². The Morgan fingerprint density at radius 1 is 1.11 bits per heavy atom. The molecule has 28 heavy (non-hydrogen) atoms. The molecule has 5 heteroatoms. The Hall–Kier alpha value is -3.34. The van der Waals surface area contributed by atoms with E-state index < -0.39 is 12.1 Å². The molecule has 0 N–H and O–H groups in total. The third-order valence-electron chi connectivity index (χ3n) is 4.52. The molecule has 0 amide bonds. The summed E-state index contributed by atoms with van der Waals surface area (Å²) in [4.78, 5) is 24.4. The summed E-state index contributed by atoms with van der Waals surface area (Å²) in [7, 11) is 1.52. The molecule has 1 heterocycles. The van der Waals surface area contributed by atoms with Crippen molar-refractivity contribution in [3.63, 3.8) is 0 Å². The number of carbonyl (C=O) groups excluding carboxylic acids is 1. The lowest BCUT2D eigenvalue weighted by Gasteiger charge is -2.17. The molecule has 2 aromatic carbocycles. The maximum absolute atomic E-state index is 12.9. The van der Waals surface area contributed by atoms with Gasteiger partial charge in [-0.2, -0.15) is 0 Å². The largest absolute Gasteiger partial charge is 0.496 e. The molecular weight excluding hydrogens is 356 g/mol. The summed E-state index contributed by atoms with van der Waals surface area (Å²) in [5.74, 6) is 0.516. The van der Waals surface area contributed by atoms with Gasteiger partial charge in [-0.25, -0.2) is 0 Å². The van der Waals surface area contributed by atoms with Crippen LogP contribution in [-0.4, -0.2) is 13.1 Å². The van der Waals surface area contributed by atoms with Crippen molar-refractivity contribution in [2.75, 3.05) is 7.11 Å². The number of rotatable bonds is 5. The van der Waals surface area contributed by atoms with E-state index in [1.54, 1.807) is 32.1 Å². The van der Waals surface area contributed by atoms with Gasteiger partial charge in [0, 0.05) is 12.5 Å². The van der Waals surface area contributed by atoms with Crippen molar-refractivity contribution in [2.45, 2.75) is 26.9 Å². The molecule has 1 atom stereocenters. The fraction of sp³-hybridized carbons (Fsp3) is 0.217. The lowest BCUT2D eigenvalue weighted by Crippen LogP contribution is -2.12. The minimum atomic E-state index is -0.632. The van der Waals surface area contributed by atoms with Gasteiger partial charge >= 0.3 is 5.97 Å². The molecule has 0 saturated heterocycles. The van der Waals surface area contributed by atoms with E-state index in [9.17, 15) is 9.59 Å². The highest BCUT2D eigenvalue weighted by Crippen LogP contribution is 2.35. The molecule has 144 valence electrons. The van der Waals surface area contributed by atoms with Gasteiger partial charge in [0.05, 0.1) is 18.1 Å². The predicted octanol–water partition coefficient (Wildman–Crippen LogP) is 4.90. The van der Waals surface area contributed by atoms with Crippen molar-refractivity contribution >= 4 is 29.1 Å². The number of hydrogen-bond donors (Lipinski definition) is 0. The number of benzene rings is 2. The van der Waals surface area contributed by atoms with Crippen LogP contribution in [0, 0.1) is 6.92 Å². The zero-order chi connectivity index (χ0) is 20.3. The molecule has 1 unspecified atom stereocenters. The lowest BCUT2D eigenvalue weighted by molar-refractivity contribution is -0.145. The Kier molecular flexibility index (Phi) is 5.64. The standard InChI is InChI=1S/C23H22O5/c1-14-19(12-10-17-8-6-5-7-9-17)28-23-18(22(14)25)11-13-20(26-4)21(23)15(2)27-16(3)24/h5-13,15H,1-4H3. The first-order valence-corrected chi connectivity index (χ1v) is 8.97. The molecule has 0 aliphatic rings. The van der Waals surface area contributed by atoms with E-state index in [0.29, 0.717) is 33.6 Å². The smallest absolute Gasteiger partial charge is 0.303 e. The molecule has 0 saturated carbocycles. The zero-order valence-electron chi connectivity index (χ0n) is 16.3.